The Balaban J connectivity index is 1.97. The molecule has 1 heterocycles. The highest BCUT2D eigenvalue weighted by Gasteiger charge is 2.33. The van der Waals surface area contributed by atoms with Gasteiger partial charge in [0.05, 0.1) is 22.0 Å². The van der Waals surface area contributed by atoms with Gasteiger partial charge in [0, 0.05) is 17.5 Å². The fraction of sp³-hybridized carbons (Fsp3) is 0.167. The molecule has 13 heteroatoms. The molecule has 1 aromatic heterocycles. The molecule has 0 spiro atoms. The summed E-state index contributed by atoms with van der Waals surface area (Å²) in [5.41, 5.74) is 5.16. The monoisotopic (exact) mass is 524 g/mol. The van der Waals surface area contributed by atoms with Crippen LogP contribution in [0.4, 0.5) is 22.0 Å². The third-order valence-electron chi connectivity index (χ3n) is 5.37. The van der Waals surface area contributed by atoms with Crippen molar-refractivity contribution in [1.82, 2.24) is 4.57 Å². The molecule has 4 aromatic rings. The summed E-state index contributed by atoms with van der Waals surface area (Å²) in [6.07, 6.45) is -4.82. The molecule has 3 aromatic carbocycles. The first-order valence-corrected chi connectivity index (χ1v) is 10.5. The summed E-state index contributed by atoms with van der Waals surface area (Å²) in [5.74, 6) is -2.88. The Hall–Kier alpha value is -4.39. The van der Waals surface area contributed by atoms with Gasteiger partial charge in [-0.25, -0.2) is 4.79 Å². The summed E-state index contributed by atoms with van der Waals surface area (Å²) in [7, 11) is 0. The van der Waals surface area contributed by atoms with Crippen LogP contribution in [0.1, 0.15) is 21.5 Å². The molecule has 0 aliphatic heterocycles. The number of ether oxygens (including phenoxy) is 1. The normalized spacial score (nSPS) is 11.8. The molecule has 0 atom stereocenters. The molecule has 0 fully saturated rings. The maximum Gasteiger partial charge on any atom is 0.416 e. The number of rotatable bonds is 9. The van der Waals surface area contributed by atoms with Crippen molar-refractivity contribution in [3.05, 3.63) is 71.3 Å². The highest BCUT2D eigenvalue weighted by molar-refractivity contribution is 6.19. The maximum absolute atomic E-state index is 13.8. The Morgan fingerprint density at radius 2 is 1.70 bits per heavy atom. The number of halogens is 5. The van der Waals surface area contributed by atoms with Crippen molar-refractivity contribution in [2.24, 2.45) is 5.73 Å². The topological polar surface area (TPSA) is 113 Å². The number of carbonyl (C=O) groups is 2. The van der Waals surface area contributed by atoms with E-state index < -0.39 is 42.6 Å². The summed E-state index contributed by atoms with van der Waals surface area (Å²) in [6.45, 7) is -4.04. The standard InChI is InChI=1S/C24H17F5N2O6/c25-23(26)36-14-6-4-12(5-7-14)10-31-16-3-1-2-15(22(30)34)20(16)21-17(31)8-13(24(27,28)29)9-18(21)37-35-11-19(32)33/h1-9,23H,10-11H2,(H2,30,34)(H,32,33). The predicted octanol–water partition coefficient (Wildman–Crippen LogP) is 4.96. The van der Waals surface area contributed by atoms with Crippen molar-refractivity contribution in [3.8, 4) is 11.5 Å². The lowest BCUT2D eigenvalue weighted by Crippen LogP contribution is -2.12. The molecular weight excluding hydrogens is 507 g/mol. The van der Waals surface area contributed by atoms with Crippen molar-refractivity contribution in [2.75, 3.05) is 6.61 Å². The molecule has 8 nitrogen and oxygen atoms in total. The van der Waals surface area contributed by atoms with Gasteiger partial charge < -0.3 is 25.0 Å². The minimum Gasteiger partial charge on any atom is -0.479 e. The number of fused-ring (bicyclic) bond motifs is 3. The molecule has 4 rings (SSSR count). The Morgan fingerprint density at radius 3 is 2.30 bits per heavy atom. The largest absolute Gasteiger partial charge is 0.479 e. The third kappa shape index (κ3) is 5.40. The molecule has 0 aliphatic rings. The molecule has 1 amide bonds. The molecule has 194 valence electrons. The fourth-order valence-electron chi connectivity index (χ4n) is 3.93. The van der Waals surface area contributed by atoms with Gasteiger partial charge >= 0.3 is 18.8 Å². The van der Waals surface area contributed by atoms with Gasteiger partial charge in [-0.15, -0.1) is 0 Å². The number of nitrogens with zero attached hydrogens (tertiary/aromatic N) is 1. The maximum atomic E-state index is 13.8. The molecular formula is C24H17F5N2O6. The van der Waals surface area contributed by atoms with Gasteiger partial charge in [0.2, 0.25) is 5.91 Å². The number of amides is 1. The second kappa shape index (κ2) is 9.93. The van der Waals surface area contributed by atoms with E-state index in [2.05, 4.69) is 9.62 Å². The number of primary amides is 1. The number of carboxylic acids is 1. The Morgan fingerprint density at radius 1 is 1.00 bits per heavy atom. The zero-order valence-corrected chi connectivity index (χ0v) is 18.6. The second-order valence-corrected chi connectivity index (χ2v) is 7.78. The van der Waals surface area contributed by atoms with Crippen LogP contribution in [0.5, 0.6) is 11.5 Å². The highest BCUT2D eigenvalue weighted by Crippen LogP contribution is 2.42. The van der Waals surface area contributed by atoms with Crippen LogP contribution in [-0.4, -0.2) is 34.8 Å². The summed E-state index contributed by atoms with van der Waals surface area (Å²) in [6, 6.07) is 11.3. The molecule has 3 N–H and O–H groups in total. The lowest BCUT2D eigenvalue weighted by molar-refractivity contribution is -0.213. The Labute approximate surface area is 204 Å². The average molecular weight is 524 g/mol. The summed E-state index contributed by atoms with van der Waals surface area (Å²) < 4.78 is 72.0. The van der Waals surface area contributed by atoms with Gasteiger partial charge in [-0.2, -0.15) is 26.8 Å². The SMILES string of the molecule is NC(=O)c1cccc2c1c1c(OOCC(=O)O)cc(C(F)(F)F)cc1n2Cc1ccc(OC(F)F)cc1. The summed E-state index contributed by atoms with van der Waals surface area (Å²) in [4.78, 5) is 32.6. The summed E-state index contributed by atoms with van der Waals surface area (Å²) in [5, 5.41) is 9.00. The van der Waals surface area contributed by atoms with Crippen LogP contribution in [0.25, 0.3) is 21.8 Å². The van der Waals surface area contributed by atoms with E-state index in [4.69, 9.17) is 15.7 Å². The van der Waals surface area contributed by atoms with Gasteiger partial charge in [-0.1, -0.05) is 18.2 Å². The van der Waals surface area contributed by atoms with E-state index in [1.807, 2.05) is 0 Å². The minimum atomic E-state index is -4.82. The second-order valence-electron chi connectivity index (χ2n) is 7.78. The first-order chi connectivity index (χ1) is 17.5. The number of benzene rings is 3. The zero-order valence-electron chi connectivity index (χ0n) is 18.6. The van der Waals surface area contributed by atoms with Gasteiger partial charge in [-0.05, 0) is 42.0 Å². The molecule has 0 aliphatic carbocycles. The Kier molecular flexibility index (Phi) is 6.90. The number of carbonyl (C=O) groups excluding carboxylic acids is 1. The zero-order chi connectivity index (χ0) is 26.9. The third-order valence-corrected chi connectivity index (χ3v) is 5.37. The lowest BCUT2D eigenvalue weighted by atomic mass is 10.0. The van der Waals surface area contributed by atoms with Crippen LogP contribution < -0.4 is 15.4 Å². The van der Waals surface area contributed by atoms with E-state index in [-0.39, 0.29) is 34.1 Å². The molecule has 0 radical (unpaired) electrons. The quantitative estimate of drug-likeness (QED) is 0.182. The number of aromatic nitrogens is 1. The smallest absolute Gasteiger partial charge is 0.416 e. The fourth-order valence-corrected chi connectivity index (χ4v) is 3.93. The average Bonchev–Trinajstić information content (AvgIpc) is 3.13. The van der Waals surface area contributed by atoms with E-state index in [1.54, 1.807) is 6.07 Å². The van der Waals surface area contributed by atoms with Crippen LogP contribution >= 0.6 is 0 Å². The van der Waals surface area contributed by atoms with Crippen LogP contribution in [0.2, 0.25) is 0 Å². The van der Waals surface area contributed by atoms with Crippen molar-refractivity contribution in [1.29, 1.82) is 0 Å². The minimum absolute atomic E-state index is 0.0234. The molecule has 0 saturated carbocycles. The molecule has 0 bridgehead atoms. The number of hydrogen-bond acceptors (Lipinski definition) is 5. The van der Waals surface area contributed by atoms with Gasteiger partial charge in [0.25, 0.3) is 0 Å². The van der Waals surface area contributed by atoms with Crippen molar-refractivity contribution >= 4 is 33.7 Å². The van der Waals surface area contributed by atoms with Crippen LogP contribution in [0.3, 0.4) is 0 Å². The number of carboxylic acid groups (broad SMARTS) is 1. The predicted molar refractivity (Wildman–Crippen MR) is 119 cm³/mol. The Bertz CT molecular complexity index is 1480. The number of aliphatic carboxylic acids is 1. The lowest BCUT2D eigenvalue weighted by Gasteiger charge is -2.13. The van der Waals surface area contributed by atoms with Crippen LogP contribution in [-0.2, 0) is 22.4 Å². The van der Waals surface area contributed by atoms with E-state index in [0.29, 0.717) is 17.1 Å². The van der Waals surface area contributed by atoms with E-state index >= 15 is 0 Å². The number of hydrogen-bond donors (Lipinski definition) is 2. The first-order valence-electron chi connectivity index (χ1n) is 10.5. The van der Waals surface area contributed by atoms with E-state index in [1.165, 1.54) is 41.0 Å². The van der Waals surface area contributed by atoms with Crippen LogP contribution in [0, 0.1) is 0 Å². The van der Waals surface area contributed by atoms with Crippen molar-refractivity contribution in [3.63, 3.8) is 0 Å². The van der Waals surface area contributed by atoms with E-state index in [9.17, 15) is 31.5 Å². The highest BCUT2D eigenvalue weighted by atomic mass is 19.4. The molecule has 37 heavy (non-hydrogen) atoms. The molecule has 0 unspecified atom stereocenters. The van der Waals surface area contributed by atoms with Gasteiger partial charge in [0.1, 0.15) is 5.75 Å². The van der Waals surface area contributed by atoms with Gasteiger partial charge in [-0.3, -0.25) is 4.79 Å². The van der Waals surface area contributed by atoms with Crippen LogP contribution in [0.15, 0.2) is 54.6 Å². The number of alkyl halides is 5. The number of nitrogens with two attached hydrogens (primary N) is 1. The molecule has 0 saturated heterocycles. The van der Waals surface area contributed by atoms with Crippen molar-refractivity contribution in [2.45, 2.75) is 19.3 Å². The first kappa shape index (κ1) is 25.7. The van der Waals surface area contributed by atoms with E-state index in [0.717, 1.165) is 6.07 Å². The van der Waals surface area contributed by atoms with Gasteiger partial charge in [0.15, 0.2) is 12.4 Å². The summed E-state index contributed by atoms with van der Waals surface area (Å²) >= 11 is 0. The van der Waals surface area contributed by atoms with Crippen molar-refractivity contribution < 1.29 is 51.2 Å².